The second kappa shape index (κ2) is 6.80. The third-order valence-electron chi connectivity index (χ3n) is 3.25. The first-order chi connectivity index (χ1) is 8.90. The summed E-state index contributed by atoms with van der Waals surface area (Å²) in [5, 5.41) is 3.14. The van der Waals surface area contributed by atoms with Gasteiger partial charge < -0.3 is 5.32 Å². The number of hydrogen-bond acceptors (Lipinski definition) is 3. The average molecular weight is 327 g/mol. The number of nitrogens with one attached hydrogen (secondary N) is 2. The molecule has 1 aromatic carbocycles. The molecule has 2 unspecified atom stereocenters. The third-order valence-corrected chi connectivity index (χ3v) is 4.76. The number of benzene rings is 1. The van der Waals surface area contributed by atoms with Gasteiger partial charge >= 0.3 is 0 Å². The summed E-state index contributed by atoms with van der Waals surface area (Å²) >= 11 is 0. The third kappa shape index (κ3) is 3.88. The molecular formula is C12H17ClF2N2O2S. The minimum atomic E-state index is -4.05. The number of halogens is 3. The fraction of sp³-hybridized carbons (Fsp3) is 0.500. The summed E-state index contributed by atoms with van der Waals surface area (Å²) in [5.74, 6) is -1.73. The molecule has 1 aromatic rings. The zero-order chi connectivity index (χ0) is 14.0. The molecule has 20 heavy (non-hydrogen) atoms. The smallest absolute Gasteiger partial charge is 0.243 e. The first-order valence-electron chi connectivity index (χ1n) is 6.11. The molecule has 1 heterocycles. The number of rotatable bonds is 3. The summed E-state index contributed by atoms with van der Waals surface area (Å²) in [6.07, 6.45) is 1.51. The topological polar surface area (TPSA) is 58.2 Å². The Morgan fingerprint density at radius 2 is 2.05 bits per heavy atom. The molecule has 2 rings (SSSR count). The molecule has 0 aliphatic carbocycles. The minimum Gasteiger partial charge on any atom is -0.313 e. The molecule has 0 amide bonds. The molecule has 0 bridgehead atoms. The maximum atomic E-state index is 13.5. The van der Waals surface area contributed by atoms with E-state index in [9.17, 15) is 17.2 Å². The summed E-state index contributed by atoms with van der Waals surface area (Å²) in [4.78, 5) is -0.648. The van der Waals surface area contributed by atoms with Crippen LogP contribution in [0.3, 0.4) is 0 Å². The van der Waals surface area contributed by atoms with Gasteiger partial charge in [-0.05, 0) is 44.5 Å². The molecule has 8 heteroatoms. The molecule has 1 saturated heterocycles. The van der Waals surface area contributed by atoms with Gasteiger partial charge in [0.05, 0.1) is 0 Å². The molecule has 0 saturated carbocycles. The van der Waals surface area contributed by atoms with Gasteiger partial charge in [0, 0.05) is 12.1 Å². The van der Waals surface area contributed by atoms with Crippen LogP contribution >= 0.6 is 12.4 Å². The van der Waals surface area contributed by atoms with Gasteiger partial charge in [0.15, 0.2) is 0 Å². The maximum absolute atomic E-state index is 13.5. The van der Waals surface area contributed by atoms with Crippen molar-refractivity contribution in [3.63, 3.8) is 0 Å². The van der Waals surface area contributed by atoms with Crippen molar-refractivity contribution >= 4 is 22.4 Å². The van der Waals surface area contributed by atoms with Crippen LogP contribution in [0.15, 0.2) is 23.1 Å². The Balaban J connectivity index is 0.00000200. The van der Waals surface area contributed by atoms with Crippen LogP contribution in [0.4, 0.5) is 8.78 Å². The Bertz CT molecular complexity index is 569. The summed E-state index contributed by atoms with van der Waals surface area (Å²) < 4.78 is 53.2. The highest BCUT2D eigenvalue weighted by Gasteiger charge is 2.28. The van der Waals surface area contributed by atoms with Crippen LogP contribution in [0.1, 0.15) is 19.8 Å². The summed E-state index contributed by atoms with van der Waals surface area (Å²) in [6, 6.07) is 2.03. The van der Waals surface area contributed by atoms with Crippen molar-refractivity contribution in [3.05, 3.63) is 29.8 Å². The van der Waals surface area contributed by atoms with Gasteiger partial charge in [-0.25, -0.2) is 21.9 Å². The lowest BCUT2D eigenvalue weighted by Crippen LogP contribution is -2.51. The largest absolute Gasteiger partial charge is 0.313 e. The van der Waals surface area contributed by atoms with Crippen LogP contribution < -0.4 is 10.0 Å². The van der Waals surface area contributed by atoms with Gasteiger partial charge in [0.2, 0.25) is 10.0 Å². The maximum Gasteiger partial charge on any atom is 0.243 e. The normalized spacial score (nSPS) is 23.1. The van der Waals surface area contributed by atoms with Crippen LogP contribution in [0.25, 0.3) is 0 Å². The zero-order valence-corrected chi connectivity index (χ0v) is 12.5. The summed E-state index contributed by atoms with van der Waals surface area (Å²) in [6.45, 7) is 2.68. The lowest BCUT2D eigenvalue weighted by atomic mass is 10.0. The fourth-order valence-electron chi connectivity index (χ4n) is 2.15. The van der Waals surface area contributed by atoms with E-state index in [-0.39, 0.29) is 24.5 Å². The zero-order valence-electron chi connectivity index (χ0n) is 10.9. The quantitative estimate of drug-likeness (QED) is 0.890. The predicted molar refractivity (Wildman–Crippen MR) is 74.4 cm³/mol. The van der Waals surface area contributed by atoms with Crippen molar-refractivity contribution in [1.82, 2.24) is 10.0 Å². The molecule has 114 valence electrons. The Kier molecular flexibility index (Phi) is 5.88. The van der Waals surface area contributed by atoms with E-state index in [2.05, 4.69) is 10.0 Å². The SMILES string of the molecule is CC1NCCCC1NS(=O)(=O)c1cc(F)ccc1F.Cl. The van der Waals surface area contributed by atoms with Crippen molar-refractivity contribution in [2.24, 2.45) is 0 Å². The monoisotopic (exact) mass is 326 g/mol. The molecule has 0 spiro atoms. The van der Waals surface area contributed by atoms with E-state index >= 15 is 0 Å². The van der Waals surface area contributed by atoms with E-state index in [4.69, 9.17) is 0 Å². The number of hydrogen-bond donors (Lipinski definition) is 2. The van der Waals surface area contributed by atoms with Gasteiger partial charge in [-0.15, -0.1) is 12.4 Å². The van der Waals surface area contributed by atoms with Crippen LogP contribution in [-0.2, 0) is 10.0 Å². The highest BCUT2D eigenvalue weighted by molar-refractivity contribution is 7.89. The Hall–Kier alpha value is -0.760. The number of piperidine rings is 1. The van der Waals surface area contributed by atoms with Crippen LogP contribution in [-0.4, -0.2) is 27.0 Å². The summed E-state index contributed by atoms with van der Waals surface area (Å²) in [5.41, 5.74) is 0. The van der Waals surface area contributed by atoms with E-state index in [0.717, 1.165) is 25.1 Å². The van der Waals surface area contributed by atoms with Gasteiger partial charge in [0.1, 0.15) is 16.5 Å². The highest BCUT2D eigenvalue weighted by atomic mass is 35.5. The standard InChI is InChI=1S/C12H16F2N2O2S.ClH/c1-8-11(3-2-6-15-8)16-19(17,18)12-7-9(13)4-5-10(12)14;/h4-5,7-8,11,15-16H,2-3,6H2,1H3;1H. The van der Waals surface area contributed by atoms with Gasteiger partial charge in [-0.1, -0.05) is 0 Å². The van der Waals surface area contributed by atoms with E-state index in [1.54, 1.807) is 0 Å². The molecule has 1 aliphatic heterocycles. The van der Waals surface area contributed by atoms with Gasteiger partial charge in [-0.2, -0.15) is 0 Å². The summed E-state index contributed by atoms with van der Waals surface area (Å²) in [7, 11) is -4.05. The average Bonchev–Trinajstić information content (AvgIpc) is 2.35. The molecule has 2 atom stereocenters. The second-order valence-electron chi connectivity index (χ2n) is 4.69. The fourth-order valence-corrected chi connectivity index (χ4v) is 3.59. The van der Waals surface area contributed by atoms with Crippen molar-refractivity contribution in [3.8, 4) is 0 Å². The van der Waals surface area contributed by atoms with E-state index in [1.165, 1.54) is 0 Å². The highest BCUT2D eigenvalue weighted by Crippen LogP contribution is 2.18. The van der Waals surface area contributed by atoms with E-state index in [0.29, 0.717) is 12.5 Å². The Morgan fingerprint density at radius 3 is 2.70 bits per heavy atom. The molecular weight excluding hydrogens is 310 g/mol. The first-order valence-corrected chi connectivity index (χ1v) is 7.59. The van der Waals surface area contributed by atoms with Crippen molar-refractivity contribution in [2.75, 3.05) is 6.54 Å². The first kappa shape index (κ1) is 17.3. The van der Waals surface area contributed by atoms with E-state index < -0.39 is 26.6 Å². The van der Waals surface area contributed by atoms with Crippen LogP contribution in [0.2, 0.25) is 0 Å². The predicted octanol–water partition coefficient (Wildman–Crippen LogP) is 1.81. The molecule has 0 radical (unpaired) electrons. The molecule has 1 aliphatic rings. The molecule has 2 N–H and O–H groups in total. The lowest BCUT2D eigenvalue weighted by Gasteiger charge is -2.30. The number of sulfonamides is 1. The lowest BCUT2D eigenvalue weighted by molar-refractivity contribution is 0.348. The molecule has 4 nitrogen and oxygen atoms in total. The Morgan fingerprint density at radius 1 is 1.35 bits per heavy atom. The minimum absolute atomic E-state index is 0. The van der Waals surface area contributed by atoms with Gasteiger partial charge in [-0.3, -0.25) is 0 Å². The molecule has 0 aromatic heterocycles. The second-order valence-corrected chi connectivity index (χ2v) is 6.37. The van der Waals surface area contributed by atoms with Crippen LogP contribution in [0, 0.1) is 11.6 Å². The van der Waals surface area contributed by atoms with Crippen molar-refractivity contribution in [1.29, 1.82) is 0 Å². The molecule has 1 fully saturated rings. The van der Waals surface area contributed by atoms with Crippen molar-refractivity contribution < 1.29 is 17.2 Å². The van der Waals surface area contributed by atoms with Crippen LogP contribution in [0.5, 0.6) is 0 Å². The van der Waals surface area contributed by atoms with E-state index in [1.807, 2.05) is 6.92 Å². The Labute approximate surface area is 123 Å². The van der Waals surface area contributed by atoms with Gasteiger partial charge in [0.25, 0.3) is 0 Å². The van der Waals surface area contributed by atoms with Crippen molar-refractivity contribution in [2.45, 2.75) is 36.7 Å².